The van der Waals surface area contributed by atoms with E-state index in [0.717, 1.165) is 48.6 Å². The normalized spacial score (nSPS) is 21.0. The summed E-state index contributed by atoms with van der Waals surface area (Å²) in [4.78, 5) is 9.03. The van der Waals surface area contributed by atoms with Crippen LogP contribution in [0.1, 0.15) is 22.1 Å². The van der Waals surface area contributed by atoms with Gasteiger partial charge in [-0.15, -0.1) is 0 Å². The Morgan fingerprint density at radius 1 is 1.15 bits per heavy atom. The van der Waals surface area contributed by atoms with Gasteiger partial charge in [-0.05, 0) is 42.8 Å². The van der Waals surface area contributed by atoms with Crippen LogP contribution in [0.5, 0.6) is 0 Å². The Morgan fingerprint density at radius 3 is 2.69 bits per heavy atom. The van der Waals surface area contributed by atoms with E-state index in [9.17, 15) is 8.42 Å². The van der Waals surface area contributed by atoms with E-state index < -0.39 is 15.2 Å². The summed E-state index contributed by atoms with van der Waals surface area (Å²) in [5, 5.41) is 2.46. The molecule has 1 fully saturated rings. The van der Waals surface area contributed by atoms with E-state index in [0.29, 0.717) is 11.4 Å². The standard InChI is InChI=1S/C19H24N4O2S/c1-14-4-3-5-17(23-10-8-22(2)9-11-23)18(14)26(24,25)19-16-6-7-20-12-15(16)13-21-19/h3-7,12,19,21H,8-11,13H2,1-2H3. The lowest BCUT2D eigenvalue weighted by atomic mass is 10.2. The van der Waals surface area contributed by atoms with E-state index in [-0.39, 0.29) is 0 Å². The van der Waals surface area contributed by atoms with Crippen molar-refractivity contribution >= 4 is 15.5 Å². The molecular formula is C19H24N4O2S. The molecule has 0 bridgehead atoms. The maximum Gasteiger partial charge on any atom is 0.200 e. The van der Waals surface area contributed by atoms with Crippen molar-refractivity contribution in [3.8, 4) is 0 Å². The summed E-state index contributed by atoms with van der Waals surface area (Å²) < 4.78 is 27.3. The molecule has 0 amide bonds. The number of nitrogens with zero attached hydrogens (tertiary/aromatic N) is 3. The van der Waals surface area contributed by atoms with E-state index in [1.54, 1.807) is 12.4 Å². The number of hydrogen-bond acceptors (Lipinski definition) is 6. The number of fused-ring (bicyclic) bond motifs is 1. The molecule has 1 saturated heterocycles. The summed E-state index contributed by atoms with van der Waals surface area (Å²) in [6.45, 7) is 5.95. The number of hydrogen-bond donors (Lipinski definition) is 1. The molecule has 4 rings (SSSR count). The number of sulfone groups is 1. The fourth-order valence-corrected chi connectivity index (χ4v) is 5.96. The Bertz CT molecular complexity index is 921. The molecule has 0 spiro atoms. The smallest absolute Gasteiger partial charge is 0.200 e. The average molecular weight is 372 g/mol. The summed E-state index contributed by atoms with van der Waals surface area (Å²) in [6, 6.07) is 7.58. The third kappa shape index (κ3) is 2.90. The zero-order valence-electron chi connectivity index (χ0n) is 15.1. The number of pyridine rings is 1. The maximum absolute atomic E-state index is 13.6. The second-order valence-electron chi connectivity index (χ2n) is 7.09. The van der Waals surface area contributed by atoms with Gasteiger partial charge in [-0.3, -0.25) is 10.3 Å². The van der Waals surface area contributed by atoms with E-state index >= 15 is 0 Å². The van der Waals surface area contributed by atoms with Gasteiger partial charge in [0, 0.05) is 45.1 Å². The van der Waals surface area contributed by atoms with E-state index in [4.69, 9.17) is 0 Å². The molecule has 2 aromatic rings. The number of piperazine rings is 1. The quantitative estimate of drug-likeness (QED) is 0.885. The third-order valence-electron chi connectivity index (χ3n) is 5.33. The Kier molecular flexibility index (Phi) is 4.46. The van der Waals surface area contributed by atoms with E-state index in [1.807, 2.05) is 31.2 Å². The minimum Gasteiger partial charge on any atom is -0.368 e. The van der Waals surface area contributed by atoms with Crippen LogP contribution >= 0.6 is 0 Å². The Labute approximate surface area is 154 Å². The number of likely N-dealkylation sites (N-methyl/N-ethyl adjacent to an activating group) is 1. The predicted octanol–water partition coefficient (Wildman–Crippen LogP) is 1.72. The average Bonchev–Trinajstić information content (AvgIpc) is 3.07. The van der Waals surface area contributed by atoms with Crippen LogP contribution in [0.25, 0.3) is 0 Å². The molecule has 0 radical (unpaired) electrons. The molecule has 1 aromatic carbocycles. The molecule has 1 aromatic heterocycles. The summed E-state index contributed by atoms with van der Waals surface area (Å²) in [5.74, 6) is 0. The van der Waals surface area contributed by atoms with Crippen LogP contribution in [-0.4, -0.2) is 51.5 Å². The number of aromatic nitrogens is 1. The monoisotopic (exact) mass is 372 g/mol. The van der Waals surface area contributed by atoms with Crippen molar-refractivity contribution in [2.45, 2.75) is 23.7 Å². The molecule has 0 aliphatic carbocycles. The molecule has 1 unspecified atom stereocenters. The van der Waals surface area contributed by atoms with Gasteiger partial charge in [0.2, 0.25) is 9.84 Å². The van der Waals surface area contributed by atoms with Crippen LogP contribution in [0.3, 0.4) is 0 Å². The molecule has 1 N–H and O–H groups in total. The van der Waals surface area contributed by atoms with E-state index in [2.05, 4.69) is 27.1 Å². The minimum absolute atomic E-state index is 0.451. The van der Waals surface area contributed by atoms with Gasteiger partial charge in [-0.2, -0.15) is 0 Å². The highest BCUT2D eigenvalue weighted by atomic mass is 32.2. The zero-order chi connectivity index (χ0) is 18.3. The van der Waals surface area contributed by atoms with Gasteiger partial charge >= 0.3 is 0 Å². The van der Waals surface area contributed by atoms with Gasteiger partial charge in [0.15, 0.2) is 0 Å². The van der Waals surface area contributed by atoms with Crippen LogP contribution in [0.15, 0.2) is 41.6 Å². The van der Waals surface area contributed by atoms with Crippen LogP contribution in [0.2, 0.25) is 0 Å². The Balaban J connectivity index is 1.78. The second kappa shape index (κ2) is 6.64. The molecule has 1 atom stereocenters. The van der Waals surface area contributed by atoms with Crippen molar-refractivity contribution in [3.63, 3.8) is 0 Å². The van der Waals surface area contributed by atoms with Crippen LogP contribution in [0, 0.1) is 6.92 Å². The lowest BCUT2D eigenvalue weighted by Crippen LogP contribution is -2.45. The van der Waals surface area contributed by atoms with Crippen molar-refractivity contribution in [2.75, 3.05) is 38.1 Å². The fraction of sp³-hybridized carbons (Fsp3) is 0.421. The molecule has 3 heterocycles. The molecule has 2 aliphatic rings. The molecule has 2 aliphatic heterocycles. The number of aryl methyl sites for hydroxylation is 1. The number of benzene rings is 1. The fourth-order valence-electron chi connectivity index (χ4n) is 3.85. The molecule has 138 valence electrons. The molecule has 26 heavy (non-hydrogen) atoms. The van der Waals surface area contributed by atoms with Gasteiger partial charge in [0.05, 0.1) is 10.6 Å². The molecule has 7 heteroatoms. The molecule has 6 nitrogen and oxygen atoms in total. The minimum atomic E-state index is -3.57. The number of anilines is 1. The van der Waals surface area contributed by atoms with Gasteiger partial charge in [-0.25, -0.2) is 8.42 Å². The van der Waals surface area contributed by atoms with Gasteiger partial charge in [0.1, 0.15) is 5.37 Å². The van der Waals surface area contributed by atoms with Crippen molar-refractivity contribution in [1.82, 2.24) is 15.2 Å². The lowest BCUT2D eigenvalue weighted by molar-refractivity contribution is 0.312. The van der Waals surface area contributed by atoms with Crippen LogP contribution in [-0.2, 0) is 16.4 Å². The first-order chi connectivity index (χ1) is 12.5. The third-order valence-corrected chi connectivity index (χ3v) is 7.47. The largest absolute Gasteiger partial charge is 0.368 e. The molecular weight excluding hydrogens is 348 g/mol. The summed E-state index contributed by atoms with van der Waals surface area (Å²) in [7, 11) is -1.47. The highest BCUT2D eigenvalue weighted by molar-refractivity contribution is 7.91. The SMILES string of the molecule is Cc1cccc(N2CCN(C)CC2)c1S(=O)(=O)C1NCc2cnccc21. The Hall–Kier alpha value is -1.96. The van der Waals surface area contributed by atoms with Crippen molar-refractivity contribution in [3.05, 3.63) is 53.3 Å². The van der Waals surface area contributed by atoms with Crippen LogP contribution < -0.4 is 10.2 Å². The first kappa shape index (κ1) is 17.5. The van der Waals surface area contributed by atoms with Crippen molar-refractivity contribution in [1.29, 1.82) is 0 Å². The predicted molar refractivity (Wildman–Crippen MR) is 102 cm³/mol. The first-order valence-electron chi connectivity index (χ1n) is 8.91. The highest BCUT2D eigenvalue weighted by Crippen LogP contribution is 2.39. The van der Waals surface area contributed by atoms with Crippen LogP contribution in [0.4, 0.5) is 5.69 Å². The zero-order valence-corrected chi connectivity index (χ0v) is 16.0. The van der Waals surface area contributed by atoms with Gasteiger partial charge in [0.25, 0.3) is 0 Å². The van der Waals surface area contributed by atoms with Crippen molar-refractivity contribution < 1.29 is 8.42 Å². The number of nitrogens with one attached hydrogen (secondary N) is 1. The summed E-state index contributed by atoms with van der Waals surface area (Å²) in [5.41, 5.74) is 3.39. The van der Waals surface area contributed by atoms with Crippen molar-refractivity contribution in [2.24, 2.45) is 0 Å². The molecule has 0 saturated carbocycles. The van der Waals surface area contributed by atoms with Gasteiger partial charge in [-0.1, -0.05) is 12.1 Å². The topological polar surface area (TPSA) is 65.5 Å². The lowest BCUT2D eigenvalue weighted by Gasteiger charge is -2.35. The van der Waals surface area contributed by atoms with E-state index in [1.165, 1.54) is 0 Å². The number of rotatable bonds is 3. The highest BCUT2D eigenvalue weighted by Gasteiger charge is 2.37. The van der Waals surface area contributed by atoms with Gasteiger partial charge < -0.3 is 9.80 Å². The maximum atomic E-state index is 13.6. The summed E-state index contributed by atoms with van der Waals surface area (Å²) >= 11 is 0. The first-order valence-corrected chi connectivity index (χ1v) is 10.5. The summed E-state index contributed by atoms with van der Waals surface area (Å²) in [6.07, 6.45) is 3.41. The second-order valence-corrected chi connectivity index (χ2v) is 9.06. The Morgan fingerprint density at radius 2 is 1.92 bits per heavy atom.